The van der Waals surface area contributed by atoms with E-state index in [1.807, 2.05) is 0 Å². The van der Waals surface area contributed by atoms with Gasteiger partial charge in [-0.25, -0.2) is 9.37 Å². The first-order valence-corrected chi connectivity index (χ1v) is 9.06. The average molecular weight is 402 g/mol. The Hall–Kier alpha value is -2.05. The lowest BCUT2D eigenvalue weighted by Gasteiger charge is -1.99. The summed E-state index contributed by atoms with van der Waals surface area (Å²) < 4.78 is 15.7. The van der Waals surface area contributed by atoms with Crippen LogP contribution < -0.4 is 0 Å². The van der Waals surface area contributed by atoms with E-state index < -0.39 is 0 Å². The Morgan fingerprint density at radius 3 is 2.46 bits per heavy atom. The SMILES string of the molecule is Cc1ccc(Cc2nn3c(Br)c(-c4ccc(F)cc4)nc3s2)cc1. The number of nitrogens with zero attached hydrogens (tertiary/aromatic N) is 3. The van der Waals surface area contributed by atoms with Crippen LogP contribution in [-0.4, -0.2) is 14.6 Å². The van der Waals surface area contributed by atoms with Gasteiger partial charge in [-0.05, 0) is 52.7 Å². The Labute approximate surface area is 150 Å². The number of hydrogen-bond acceptors (Lipinski definition) is 3. The van der Waals surface area contributed by atoms with E-state index in [0.29, 0.717) is 0 Å². The van der Waals surface area contributed by atoms with E-state index >= 15 is 0 Å². The lowest BCUT2D eigenvalue weighted by molar-refractivity contribution is 0.628. The number of imidazole rings is 1. The molecule has 0 saturated heterocycles. The first-order valence-electron chi connectivity index (χ1n) is 7.45. The molecule has 6 heteroatoms. The largest absolute Gasteiger partial charge is 0.216 e. The third-order valence-electron chi connectivity index (χ3n) is 3.78. The van der Waals surface area contributed by atoms with Gasteiger partial charge in [0.05, 0.1) is 0 Å². The minimum atomic E-state index is -0.255. The van der Waals surface area contributed by atoms with Gasteiger partial charge in [0.15, 0.2) is 0 Å². The molecule has 0 saturated carbocycles. The second kappa shape index (κ2) is 6.11. The van der Waals surface area contributed by atoms with Crippen molar-refractivity contribution < 1.29 is 4.39 Å². The Morgan fingerprint density at radius 2 is 1.79 bits per heavy atom. The number of benzene rings is 2. The second-order valence-corrected chi connectivity index (χ2v) is 7.40. The van der Waals surface area contributed by atoms with Crippen molar-refractivity contribution in [3.05, 3.63) is 75.1 Å². The van der Waals surface area contributed by atoms with Crippen molar-refractivity contribution >= 4 is 32.2 Å². The van der Waals surface area contributed by atoms with E-state index in [1.165, 1.54) is 23.3 Å². The molecule has 2 heterocycles. The first kappa shape index (κ1) is 15.5. The lowest BCUT2D eigenvalue weighted by atomic mass is 10.1. The van der Waals surface area contributed by atoms with Crippen molar-refractivity contribution in [1.29, 1.82) is 0 Å². The van der Waals surface area contributed by atoms with Crippen molar-refractivity contribution in [2.45, 2.75) is 13.3 Å². The zero-order valence-electron chi connectivity index (χ0n) is 12.8. The van der Waals surface area contributed by atoms with Gasteiger partial charge in [0.2, 0.25) is 4.96 Å². The standard InChI is InChI=1S/C18H13BrFN3S/c1-11-2-4-12(5-3-11)10-15-22-23-17(19)16(21-18(23)24-15)13-6-8-14(20)9-7-13/h2-9H,10H2,1H3. The number of fused-ring (bicyclic) bond motifs is 1. The summed E-state index contributed by atoms with van der Waals surface area (Å²) in [6.45, 7) is 2.08. The summed E-state index contributed by atoms with van der Waals surface area (Å²) in [7, 11) is 0. The third-order valence-corrected chi connectivity index (χ3v) is 5.40. The van der Waals surface area contributed by atoms with Crippen LogP contribution in [0.25, 0.3) is 16.2 Å². The number of rotatable bonds is 3. The van der Waals surface area contributed by atoms with Crippen LogP contribution in [-0.2, 0) is 6.42 Å². The van der Waals surface area contributed by atoms with Gasteiger partial charge < -0.3 is 0 Å². The summed E-state index contributed by atoms with van der Waals surface area (Å²) in [5.41, 5.74) is 4.11. The lowest BCUT2D eigenvalue weighted by Crippen LogP contribution is -1.91. The minimum Gasteiger partial charge on any atom is -0.216 e. The van der Waals surface area contributed by atoms with Gasteiger partial charge in [-0.1, -0.05) is 41.2 Å². The predicted octanol–water partition coefficient (Wildman–Crippen LogP) is 5.26. The molecule has 2 aromatic carbocycles. The fourth-order valence-electron chi connectivity index (χ4n) is 2.51. The van der Waals surface area contributed by atoms with Gasteiger partial charge in [-0.15, -0.1) is 0 Å². The van der Waals surface area contributed by atoms with Crippen LogP contribution in [0.3, 0.4) is 0 Å². The normalized spacial score (nSPS) is 11.3. The molecule has 0 fully saturated rings. The summed E-state index contributed by atoms with van der Waals surface area (Å²) in [4.78, 5) is 5.46. The number of aromatic nitrogens is 3. The molecule has 4 rings (SSSR count). The molecule has 120 valence electrons. The molecule has 24 heavy (non-hydrogen) atoms. The molecular weight excluding hydrogens is 389 g/mol. The van der Waals surface area contributed by atoms with Gasteiger partial charge in [0, 0.05) is 12.0 Å². The minimum absolute atomic E-state index is 0.255. The fraction of sp³-hybridized carbons (Fsp3) is 0.111. The molecule has 3 nitrogen and oxygen atoms in total. The van der Waals surface area contributed by atoms with Gasteiger partial charge >= 0.3 is 0 Å². The molecular formula is C18H13BrFN3S. The van der Waals surface area contributed by atoms with Gasteiger partial charge in [0.1, 0.15) is 21.1 Å². The molecule has 0 spiro atoms. The van der Waals surface area contributed by atoms with Crippen LogP contribution in [0.5, 0.6) is 0 Å². The highest BCUT2D eigenvalue weighted by Gasteiger charge is 2.16. The van der Waals surface area contributed by atoms with Gasteiger partial charge in [0.25, 0.3) is 0 Å². The van der Waals surface area contributed by atoms with Crippen LogP contribution in [0.2, 0.25) is 0 Å². The Kier molecular flexibility index (Phi) is 3.94. The Balaban J connectivity index is 1.67. The van der Waals surface area contributed by atoms with Crippen molar-refractivity contribution in [2.24, 2.45) is 0 Å². The summed E-state index contributed by atoms with van der Waals surface area (Å²) >= 11 is 5.13. The summed E-state index contributed by atoms with van der Waals surface area (Å²) in [5, 5.41) is 5.65. The zero-order chi connectivity index (χ0) is 16.7. The molecule has 0 N–H and O–H groups in total. The highest BCUT2D eigenvalue weighted by atomic mass is 79.9. The molecule has 0 unspecified atom stereocenters. The highest BCUT2D eigenvalue weighted by molar-refractivity contribution is 9.10. The van der Waals surface area contributed by atoms with E-state index in [9.17, 15) is 4.39 Å². The van der Waals surface area contributed by atoms with Crippen LogP contribution in [0.4, 0.5) is 4.39 Å². The molecule has 0 bridgehead atoms. The number of halogens is 2. The Bertz CT molecular complexity index is 1000. The van der Waals surface area contributed by atoms with Gasteiger partial charge in [-0.2, -0.15) is 9.61 Å². The van der Waals surface area contributed by atoms with E-state index in [-0.39, 0.29) is 5.82 Å². The quantitative estimate of drug-likeness (QED) is 0.468. The molecule has 0 amide bonds. The number of hydrogen-bond donors (Lipinski definition) is 0. The van der Waals surface area contributed by atoms with E-state index in [0.717, 1.165) is 32.2 Å². The maximum atomic E-state index is 13.1. The second-order valence-electron chi connectivity index (χ2n) is 5.61. The zero-order valence-corrected chi connectivity index (χ0v) is 15.2. The van der Waals surface area contributed by atoms with Crippen LogP contribution >= 0.6 is 27.3 Å². The maximum absolute atomic E-state index is 13.1. The molecule has 4 aromatic rings. The van der Waals surface area contributed by atoms with E-state index in [4.69, 9.17) is 0 Å². The maximum Gasteiger partial charge on any atom is 0.213 e. The van der Waals surface area contributed by atoms with Crippen molar-refractivity contribution in [3.8, 4) is 11.3 Å². The predicted molar refractivity (Wildman–Crippen MR) is 97.9 cm³/mol. The number of aryl methyl sites for hydroxylation is 1. The summed E-state index contributed by atoms with van der Waals surface area (Å²) in [6, 6.07) is 14.8. The van der Waals surface area contributed by atoms with Crippen LogP contribution in [0.15, 0.2) is 53.1 Å². The first-order chi connectivity index (χ1) is 11.6. The van der Waals surface area contributed by atoms with E-state index in [2.05, 4.69) is 57.2 Å². The van der Waals surface area contributed by atoms with Crippen molar-refractivity contribution in [1.82, 2.24) is 14.6 Å². The molecule has 0 aliphatic carbocycles. The smallest absolute Gasteiger partial charge is 0.213 e. The molecule has 2 aromatic heterocycles. The molecule has 0 aliphatic heterocycles. The summed E-state index contributed by atoms with van der Waals surface area (Å²) in [5.74, 6) is -0.255. The molecule has 0 aliphatic rings. The summed E-state index contributed by atoms with van der Waals surface area (Å²) in [6.07, 6.45) is 0.784. The van der Waals surface area contributed by atoms with Crippen molar-refractivity contribution in [2.75, 3.05) is 0 Å². The molecule has 0 atom stereocenters. The van der Waals surface area contributed by atoms with Crippen molar-refractivity contribution in [3.63, 3.8) is 0 Å². The Morgan fingerprint density at radius 1 is 1.08 bits per heavy atom. The van der Waals surface area contributed by atoms with Crippen LogP contribution in [0, 0.1) is 12.7 Å². The van der Waals surface area contributed by atoms with E-state index in [1.54, 1.807) is 28.0 Å². The third kappa shape index (κ3) is 2.87. The fourth-order valence-corrected chi connectivity index (χ4v) is 4.12. The highest BCUT2D eigenvalue weighted by Crippen LogP contribution is 2.31. The monoisotopic (exact) mass is 401 g/mol. The topological polar surface area (TPSA) is 30.2 Å². The van der Waals surface area contributed by atoms with Gasteiger partial charge in [-0.3, -0.25) is 0 Å². The molecule has 0 radical (unpaired) electrons. The average Bonchev–Trinajstić information content (AvgIpc) is 3.10. The van der Waals surface area contributed by atoms with Crippen LogP contribution in [0.1, 0.15) is 16.1 Å².